The largest absolute Gasteiger partial charge is 0.394 e. The molecule has 0 aromatic carbocycles. The molecule has 2 N–H and O–H groups in total. The molecule has 1 unspecified atom stereocenters. The van der Waals surface area contributed by atoms with E-state index in [1.165, 1.54) is 6.42 Å². The summed E-state index contributed by atoms with van der Waals surface area (Å²) in [6.45, 7) is 1.55. The lowest BCUT2D eigenvalue weighted by Crippen LogP contribution is -2.56. The molecule has 1 saturated heterocycles. The van der Waals surface area contributed by atoms with Gasteiger partial charge < -0.3 is 20.1 Å². The van der Waals surface area contributed by atoms with Crippen molar-refractivity contribution in [2.45, 2.75) is 31.3 Å². The lowest BCUT2D eigenvalue weighted by Gasteiger charge is -2.37. The highest BCUT2D eigenvalue weighted by Crippen LogP contribution is 2.18. The molecule has 1 aliphatic carbocycles. The van der Waals surface area contributed by atoms with Crippen LogP contribution in [-0.2, 0) is 4.74 Å². The summed E-state index contributed by atoms with van der Waals surface area (Å²) in [6, 6.07) is 0.112. The number of hydrogen-bond donors (Lipinski definition) is 2. The highest BCUT2D eigenvalue weighted by atomic mass is 16.5. The first-order valence-corrected chi connectivity index (χ1v) is 5.57. The van der Waals surface area contributed by atoms with Crippen molar-refractivity contribution < 1.29 is 14.6 Å². The van der Waals surface area contributed by atoms with Gasteiger partial charge in [-0.05, 0) is 19.3 Å². The molecule has 15 heavy (non-hydrogen) atoms. The normalized spacial score (nSPS) is 27.3. The monoisotopic (exact) mass is 214 g/mol. The van der Waals surface area contributed by atoms with Gasteiger partial charge in [-0.15, -0.1) is 0 Å². The molecule has 2 amide bonds. The van der Waals surface area contributed by atoms with Crippen molar-refractivity contribution in [3.63, 3.8) is 0 Å². The van der Waals surface area contributed by atoms with Gasteiger partial charge in [-0.2, -0.15) is 0 Å². The average Bonchev–Trinajstić information content (AvgIpc) is 2.23. The molecule has 5 heteroatoms. The Morgan fingerprint density at radius 1 is 1.53 bits per heavy atom. The number of morpholine rings is 1. The molecule has 1 saturated carbocycles. The van der Waals surface area contributed by atoms with E-state index in [0.717, 1.165) is 12.8 Å². The van der Waals surface area contributed by atoms with Crippen LogP contribution in [0.3, 0.4) is 0 Å². The van der Waals surface area contributed by atoms with Gasteiger partial charge in [0.15, 0.2) is 0 Å². The third kappa shape index (κ3) is 2.41. The van der Waals surface area contributed by atoms with Crippen molar-refractivity contribution in [2.24, 2.45) is 0 Å². The molecule has 1 atom stereocenters. The molecule has 0 aromatic heterocycles. The number of amides is 2. The van der Waals surface area contributed by atoms with E-state index in [9.17, 15) is 4.79 Å². The van der Waals surface area contributed by atoms with Gasteiger partial charge in [0, 0.05) is 12.6 Å². The van der Waals surface area contributed by atoms with E-state index >= 15 is 0 Å². The Hall–Kier alpha value is -0.810. The number of rotatable bonds is 2. The fourth-order valence-electron chi connectivity index (χ4n) is 1.88. The molecule has 0 aromatic rings. The van der Waals surface area contributed by atoms with Crippen molar-refractivity contribution in [3.8, 4) is 0 Å². The third-order valence-electron chi connectivity index (χ3n) is 3.13. The van der Waals surface area contributed by atoms with Crippen molar-refractivity contribution in [3.05, 3.63) is 0 Å². The van der Waals surface area contributed by atoms with Crippen LogP contribution in [0.25, 0.3) is 0 Å². The second-order valence-electron chi connectivity index (χ2n) is 4.18. The van der Waals surface area contributed by atoms with Crippen LogP contribution in [-0.4, -0.2) is 54.5 Å². The Morgan fingerprint density at radius 2 is 2.33 bits per heavy atom. The number of aliphatic hydroxyl groups excluding tert-OH is 1. The SMILES string of the molecule is O=C(NC1CCC1)N1CCOCC1CO. The van der Waals surface area contributed by atoms with Gasteiger partial charge in [0.2, 0.25) is 0 Å². The summed E-state index contributed by atoms with van der Waals surface area (Å²) in [5, 5.41) is 12.1. The molecule has 1 heterocycles. The highest BCUT2D eigenvalue weighted by molar-refractivity contribution is 5.75. The summed E-state index contributed by atoms with van der Waals surface area (Å²) in [7, 11) is 0. The van der Waals surface area contributed by atoms with Crippen LogP contribution in [0.5, 0.6) is 0 Å². The van der Waals surface area contributed by atoms with Gasteiger partial charge >= 0.3 is 6.03 Å². The summed E-state index contributed by atoms with van der Waals surface area (Å²) in [5.74, 6) is 0. The maximum absolute atomic E-state index is 11.8. The average molecular weight is 214 g/mol. The van der Waals surface area contributed by atoms with E-state index in [2.05, 4.69) is 5.32 Å². The van der Waals surface area contributed by atoms with Crippen molar-refractivity contribution in [1.29, 1.82) is 0 Å². The Labute approximate surface area is 89.4 Å². The maximum Gasteiger partial charge on any atom is 0.318 e. The van der Waals surface area contributed by atoms with Gasteiger partial charge in [0.25, 0.3) is 0 Å². The quantitative estimate of drug-likeness (QED) is 0.677. The number of nitrogens with zero attached hydrogens (tertiary/aromatic N) is 1. The predicted octanol–water partition coefficient (Wildman–Crippen LogP) is -0.0584. The minimum Gasteiger partial charge on any atom is -0.394 e. The van der Waals surface area contributed by atoms with E-state index < -0.39 is 0 Å². The molecular weight excluding hydrogens is 196 g/mol. The number of aliphatic hydroxyl groups is 1. The Morgan fingerprint density at radius 3 is 2.93 bits per heavy atom. The molecule has 1 aliphatic heterocycles. The summed E-state index contributed by atoms with van der Waals surface area (Å²) >= 11 is 0. The zero-order valence-corrected chi connectivity index (χ0v) is 8.82. The Bertz CT molecular complexity index is 231. The lowest BCUT2D eigenvalue weighted by molar-refractivity contribution is -0.00860. The van der Waals surface area contributed by atoms with Crippen LogP contribution in [0.4, 0.5) is 4.79 Å². The Kier molecular flexibility index (Phi) is 3.43. The van der Waals surface area contributed by atoms with Crippen molar-refractivity contribution >= 4 is 6.03 Å². The standard InChI is InChI=1S/C10H18N2O3/c13-6-9-7-15-5-4-12(9)10(14)11-8-2-1-3-8/h8-9,13H,1-7H2,(H,11,14). The smallest absolute Gasteiger partial charge is 0.318 e. The summed E-state index contributed by atoms with van der Waals surface area (Å²) < 4.78 is 5.22. The Balaban J connectivity index is 1.85. The van der Waals surface area contributed by atoms with Crippen LogP contribution in [0.2, 0.25) is 0 Å². The summed E-state index contributed by atoms with van der Waals surface area (Å²) in [6.07, 6.45) is 3.37. The molecular formula is C10H18N2O3. The zero-order valence-electron chi connectivity index (χ0n) is 8.82. The second kappa shape index (κ2) is 4.81. The topological polar surface area (TPSA) is 61.8 Å². The van der Waals surface area contributed by atoms with E-state index in [1.54, 1.807) is 4.90 Å². The van der Waals surface area contributed by atoms with Crippen LogP contribution in [0.1, 0.15) is 19.3 Å². The van der Waals surface area contributed by atoms with Crippen LogP contribution in [0, 0.1) is 0 Å². The van der Waals surface area contributed by atoms with Gasteiger partial charge in [0.1, 0.15) is 0 Å². The minimum absolute atomic E-state index is 0.0297. The molecule has 0 spiro atoms. The van der Waals surface area contributed by atoms with Gasteiger partial charge in [-0.25, -0.2) is 4.79 Å². The van der Waals surface area contributed by atoms with E-state index in [4.69, 9.17) is 9.84 Å². The molecule has 0 bridgehead atoms. The predicted molar refractivity (Wildman–Crippen MR) is 54.6 cm³/mol. The number of urea groups is 1. The van der Waals surface area contributed by atoms with Crippen LogP contribution < -0.4 is 5.32 Å². The number of carbonyl (C=O) groups excluding carboxylic acids is 1. The van der Waals surface area contributed by atoms with Crippen molar-refractivity contribution in [2.75, 3.05) is 26.4 Å². The van der Waals surface area contributed by atoms with E-state index in [1.807, 2.05) is 0 Å². The molecule has 2 aliphatic rings. The lowest BCUT2D eigenvalue weighted by atomic mass is 9.93. The second-order valence-corrected chi connectivity index (χ2v) is 4.18. The van der Waals surface area contributed by atoms with Crippen LogP contribution >= 0.6 is 0 Å². The summed E-state index contributed by atoms with van der Waals surface area (Å²) in [5.41, 5.74) is 0. The molecule has 0 radical (unpaired) electrons. The number of ether oxygens (including phenoxy) is 1. The van der Waals surface area contributed by atoms with Crippen molar-refractivity contribution in [1.82, 2.24) is 10.2 Å². The number of nitrogens with one attached hydrogen (secondary N) is 1. The first-order valence-electron chi connectivity index (χ1n) is 5.57. The number of carbonyl (C=O) groups is 1. The van der Waals surface area contributed by atoms with Gasteiger partial charge in [-0.1, -0.05) is 0 Å². The molecule has 5 nitrogen and oxygen atoms in total. The number of hydrogen-bond acceptors (Lipinski definition) is 3. The first-order chi connectivity index (χ1) is 7.31. The molecule has 2 fully saturated rings. The van der Waals surface area contributed by atoms with E-state index in [0.29, 0.717) is 25.8 Å². The van der Waals surface area contributed by atoms with Crippen LogP contribution in [0.15, 0.2) is 0 Å². The molecule has 2 rings (SSSR count). The minimum atomic E-state index is -0.182. The molecule has 86 valence electrons. The first kappa shape index (κ1) is 10.7. The van der Waals surface area contributed by atoms with Gasteiger partial charge in [0.05, 0.1) is 25.9 Å². The third-order valence-corrected chi connectivity index (χ3v) is 3.13. The van der Waals surface area contributed by atoms with Gasteiger partial charge in [-0.3, -0.25) is 0 Å². The highest BCUT2D eigenvalue weighted by Gasteiger charge is 2.29. The van der Waals surface area contributed by atoms with E-state index in [-0.39, 0.29) is 18.7 Å². The maximum atomic E-state index is 11.8. The fourth-order valence-corrected chi connectivity index (χ4v) is 1.88. The fraction of sp³-hybridized carbons (Fsp3) is 0.900. The summed E-state index contributed by atoms with van der Waals surface area (Å²) in [4.78, 5) is 13.5. The zero-order chi connectivity index (χ0) is 10.7.